The van der Waals surface area contributed by atoms with Gasteiger partial charge in [-0.2, -0.15) is 0 Å². The van der Waals surface area contributed by atoms with Gasteiger partial charge in [-0.1, -0.05) is 0 Å². The largest absolute Gasteiger partial charge is 0.500 e. The van der Waals surface area contributed by atoms with Crippen LogP contribution in [0.1, 0.15) is 40.0 Å². The Hall–Kier alpha value is -0.963. The molecule has 0 bridgehead atoms. The highest BCUT2D eigenvalue weighted by molar-refractivity contribution is 6.60. The first kappa shape index (κ1) is 20.0. The molecule has 0 unspecified atom stereocenters. The third kappa shape index (κ3) is 9.56. The van der Waals surface area contributed by atoms with E-state index in [-0.39, 0.29) is 18.7 Å². The lowest BCUT2D eigenvalue weighted by Crippen LogP contribution is -2.46. The highest BCUT2D eigenvalue weighted by atomic mass is 28.4. The fourth-order valence-electron chi connectivity index (χ4n) is 1.84. The van der Waals surface area contributed by atoms with Crippen LogP contribution in [0.4, 0.5) is 0 Å². The van der Waals surface area contributed by atoms with Crippen molar-refractivity contribution in [2.75, 3.05) is 26.4 Å². The van der Waals surface area contributed by atoms with Gasteiger partial charge >= 0.3 is 14.8 Å². The molecule has 124 valence electrons. The lowest BCUT2D eigenvalue weighted by atomic mass is 10.3. The zero-order valence-corrected chi connectivity index (χ0v) is 14.1. The van der Waals surface area contributed by atoms with Gasteiger partial charge in [-0.25, -0.2) is 0 Å². The third-order valence-corrected chi connectivity index (χ3v) is 5.79. The molecule has 0 aromatic rings. The summed E-state index contributed by atoms with van der Waals surface area (Å²) in [6, 6.07) is 0.627. The predicted molar refractivity (Wildman–Crippen MR) is 79.9 cm³/mol. The number of hydrogen-bond donors (Lipinski definition) is 2. The number of carbonyl (C=O) groups is 2. The first-order valence-corrected chi connectivity index (χ1v) is 9.33. The number of carboxylic acid groups (broad SMARTS) is 1. The number of hydrogen-bond acceptors (Lipinski definition) is 5. The van der Waals surface area contributed by atoms with Crippen LogP contribution in [-0.4, -0.2) is 52.2 Å². The van der Waals surface area contributed by atoms with Crippen molar-refractivity contribution >= 4 is 20.7 Å². The van der Waals surface area contributed by atoms with Crippen LogP contribution in [0.3, 0.4) is 0 Å². The quantitative estimate of drug-likeness (QED) is 0.393. The van der Waals surface area contributed by atoms with E-state index in [1.807, 2.05) is 20.8 Å². The van der Waals surface area contributed by atoms with E-state index in [9.17, 15) is 9.59 Å². The summed E-state index contributed by atoms with van der Waals surface area (Å²) in [4.78, 5) is 21.7. The molecule has 8 heteroatoms. The fraction of sp³-hybridized carbons (Fsp3) is 0.846. The lowest BCUT2D eigenvalue weighted by Gasteiger charge is -2.28. The minimum atomic E-state index is -2.65. The average molecular weight is 321 g/mol. The molecule has 1 amide bonds. The molecule has 0 fully saturated rings. The number of nitrogens with one attached hydrogen (secondary N) is 1. The zero-order chi connectivity index (χ0) is 16.1. The first-order valence-electron chi connectivity index (χ1n) is 7.40. The molecule has 0 rings (SSSR count). The molecule has 0 saturated heterocycles. The fourth-order valence-corrected chi connectivity index (χ4v) is 4.46. The van der Waals surface area contributed by atoms with E-state index in [0.29, 0.717) is 38.8 Å². The molecule has 0 radical (unpaired) electrons. The second-order valence-corrected chi connectivity index (χ2v) is 7.06. The monoisotopic (exact) mass is 321 g/mol. The molecular weight excluding hydrogens is 294 g/mol. The molecule has 0 aromatic heterocycles. The van der Waals surface area contributed by atoms with Gasteiger partial charge in [0.1, 0.15) is 0 Å². The molecule has 0 aliphatic carbocycles. The standard InChI is InChI=1S/C13H27NO6Si/c1-4-18-21(19-5-2,20-6-3)11-7-10-14-12(15)8-9-13(16)17/h4-11H2,1-3H3,(H,14,15)(H,16,17). The van der Waals surface area contributed by atoms with E-state index >= 15 is 0 Å². The summed E-state index contributed by atoms with van der Waals surface area (Å²) in [5.74, 6) is -1.23. The lowest BCUT2D eigenvalue weighted by molar-refractivity contribution is -0.138. The predicted octanol–water partition coefficient (Wildman–Crippen LogP) is 1.41. The van der Waals surface area contributed by atoms with Gasteiger partial charge in [0.15, 0.2) is 0 Å². The van der Waals surface area contributed by atoms with Crippen molar-refractivity contribution in [3.63, 3.8) is 0 Å². The Kier molecular flexibility index (Phi) is 11.1. The molecule has 2 N–H and O–H groups in total. The molecule has 7 nitrogen and oxygen atoms in total. The van der Waals surface area contributed by atoms with E-state index in [1.54, 1.807) is 0 Å². The second kappa shape index (κ2) is 11.7. The molecule has 0 atom stereocenters. The molecule has 0 heterocycles. The van der Waals surface area contributed by atoms with Crippen LogP contribution in [0.15, 0.2) is 0 Å². The Morgan fingerprint density at radius 2 is 1.52 bits per heavy atom. The molecule has 0 aliphatic heterocycles. The SMILES string of the molecule is CCO[Si](CCCNC(=O)CCC(=O)O)(OCC)OCC. The van der Waals surface area contributed by atoms with Crippen molar-refractivity contribution in [1.29, 1.82) is 0 Å². The number of rotatable bonds is 13. The minimum Gasteiger partial charge on any atom is -0.481 e. The van der Waals surface area contributed by atoms with Gasteiger partial charge in [-0.3, -0.25) is 9.59 Å². The topological polar surface area (TPSA) is 94.1 Å². The van der Waals surface area contributed by atoms with Crippen molar-refractivity contribution in [3.8, 4) is 0 Å². The molecule has 0 aromatic carbocycles. The highest BCUT2D eigenvalue weighted by Gasteiger charge is 2.39. The normalized spacial score (nSPS) is 11.4. The summed E-state index contributed by atoms with van der Waals surface area (Å²) >= 11 is 0. The van der Waals surface area contributed by atoms with E-state index < -0.39 is 14.8 Å². The molecule has 0 aliphatic rings. The Morgan fingerprint density at radius 3 is 1.95 bits per heavy atom. The summed E-state index contributed by atoms with van der Waals surface area (Å²) in [5.41, 5.74) is 0. The average Bonchev–Trinajstić information content (AvgIpc) is 2.42. The summed E-state index contributed by atoms with van der Waals surface area (Å²) in [5, 5.41) is 11.2. The van der Waals surface area contributed by atoms with Crippen LogP contribution in [-0.2, 0) is 22.9 Å². The maximum Gasteiger partial charge on any atom is 0.500 e. The van der Waals surface area contributed by atoms with Gasteiger partial charge < -0.3 is 23.7 Å². The van der Waals surface area contributed by atoms with Crippen LogP contribution in [0.25, 0.3) is 0 Å². The van der Waals surface area contributed by atoms with Crippen LogP contribution < -0.4 is 5.32 Å². The van der Waals surface area contributed by atoms with Gasteiger partial charge in [-0.15, -0.1) is 0 Å². The van der Waals surface area contributed by atoms with Crippen LogP contribution >= 0.6 is 0 Å². The molecule has 0 spiro atoms. The highest BCUT2D eigenvalue weighted by Crippen LogP contribution is 2.17. The Morgan fingerprint density at radius 1 is 1.00 bits per heavy atom. The second-order valence-electron chi connectivity index (χ2n) is 4.33. The number of carbonyl (C=O) groups excluding carboxylic acids is 1. The third-order valence-electron chi connectivity index (χ3n) is 2.64. The van der Waals surface area contributed by atoms with Gasteiger partial charge in [0.05, 0.1) is 6.42 Å². The number of amides is 1. The van der Waals surface area contributed by atoms with Crippen molar-refractivity contribution in [1.82, 2.24) is 5.32 Å². The zero-order valence-electron chi connectivity index (χ0n) is 13.1. The van der Waals surface area contributed by atoms with Crippen molar-refractivity contribution in [2.24, 2.45) is 0 Å². The Labute approximate surface area is 127 Å². The summed E-state index contributed by atoms with van der Waals surface area (Å²) in [6.45, 7) is 7.72. The Bertz CT molecular complexity index is 296. The van der Waals surface area contributed by atoms with Crippen LogP contribution in [0.5, 0.6) is 0 Å². The van der Waals surface area contributed by atoms with Gasteiger partial charge in [0.2, 0.25) is 5.91 Å². The van der Waals surface area contributed by atoms with Crippen LogP contribution in [0, 0.1) is 0 Å². The van der Waals surface area contributed by atoms with E-state index in [2.05, 4.69) is 5.32 Å². The smallest absolute Gasteiger partial charge is 0.481 e. The summed E-state index contributed by atoms with van der Waals surface area (Å²) < 4.78 is 17.1. The maximum atomic E-state index is 11.4. The summed E-state index contributed by atoms with van der Waals surface area (Å²) in [6.07, 6.45) is 0.521. The van der Waals surface area contributed by atoms with E-state index in [4.69, 9.17) is 18.4 Å². The van der Waals surface area contributed by atoms with Gasteiger partial charge in [0, 0.05) is 38.8 Å². The molecule has 21 heavy (non-hydrogen) atoms. The van der Waals surface area contributed by atoms with E-state index in [0.717, 1.165) is 0 Å². The van der Waals surface area contributed by atoms with Crippen molar-refractivity contribution in [3.05, 3.63) is 0 Å². The number of carboxylic acids is 1. The van der Waals surface area contributed by atoms with Crippen molar-refractivity contribution in [2.45, 2.75) is 46.1 Å². The summed E-state index contributed by atoms with van der Waals surface area (Å²) in [7, 11) is -2.65. The molecule has 0 saturated carbocycles. The van der Waals surface area contributed by atoms with Crippen molar-refractivity contribution < 1.29 is 28.0 Å². The van der Waals surface area contributed by atoms with Gasteiger partial charge in [-0.05, 0) is 27.2 Å². The Balaban J connectivity index is 4.11. The van der Waals surface area contributed by atoms with E-state index in [1.165, 1.54) is 0 Å². The minimum absolute atomic E-state index is 0.000283. The molecular formula is C13H27NO6Si. The number of aliphatic carboxylic acids is 1. The van der Waals surface area contributed by atoms with Gasteiger partial charge in [0.25, 0.3) is 0 Å². The van der Waals surface area contributed by atoms with Crippen LogP contribution in [0.2, 0.25) is 6.04 Å². The first-order chi connectivity index (χ1) is 9.99. The maximum absolute atomic E-state index is 11.4.